The minimum absolute atomic E-state index is 0.141. The number of carbonyl (C=O) groups is 2. The first-order chi connectivity index (χ1) is 14.0. The van der Waals surface area contributed by atoms with Crippen molar-refractivity contribution in [2.75, 3.05) is 20.0 Å². The third kappa shape index (κ3) is 17.8. The molecule has 0 aliphatic rings. The highest BCUT2D eigenvalue weighted by Crippen LogP contribution is 2.25. The van der Waals surface area contributed by atoms with Crippen molar-refractivity contribution >= 4 is 23.7 Å². The Morgan fingerprint density at radius 2 is 1.28 bits per heavy atom. The van der Waals surface area contributed by atoms with E-state index in [0.717, 1.165) is 25.7 Å². The van der Waals surface area contributed by atoms with Crippen molar-refractivity contribution in [2.24, 2.45) is 0 Å². The van der Waals surface area contributed by atoms with Crippen molar-refractivity contribution in [1.29, 1.82) is 0 Å². The third-order valence-electron chi connectivity index (χ3n) is 5.25. The van der Waals surface area contributed by atoms with Gasteiger partial charge in [-0.1, -0.05) is 71.1 Å². The van der Waals surface area contributed by atoms with Gasteiger partial charge in [-0.05, 0) is 19.3 Å². The second-order valence-electron chi connectivity index (χ2n) is 7.74. The molecular formula is C23H44O5S. The van der Waals surface area contributed by atoms with Gasteiger partial charge in [0.15, 0.2) is 0 Å². The maximum absolute atomic E-state index is 11.4. The summed E-state index contributed by atoms with van der Waals surface area (Å²) in [6, 6.07) is 0. The third-order valence-corrected chi connectivity index (χ3v) is 6.66. The molecule has 0 aromatic rings. The molecule has 6 heteroatoms. The topological polar surface area (TPSA) is 72.8 Å². The maximum atomic E-state index is 11.4. The average Bonchev–Trinajstić information content (AvgIpc) is 2.73. The number of aliphatic hydroxyl groups is 1. The minimum atomic E-state index is -0.399. The van der Waals surface area contributed by atoms with Crippen LogP contribution in [0, 0.1) is 0 Å². The van der Waals surface area contributed by atoms with Crippen molar-refractivity contribution in [1.82, 2.24) is 0 Å². The molecule has 0 amide bonds. The molecule has 5 nitrogen and oxygen atoms in total. The Balaban J connectivity index is 4.11. The van der Waals surface area contributed by atoms with Crippen LogP contribution < -0.4 is 0 Å². The number of thioether (sulfide) groups is 1. The number of aliphatic hydroxyl groups excluding tert-OH is 1. The lowest BCUT2D eigenvalue weighted by molar-refractivity contribution is -0.141. The number of hydrogen-bond donors (Lipinski definition) is 1. The summed E-state index contributed by atoms with van der Waals surface area (Å²) in [4.78, 5) is 22.5. The van der Waals surface area contributed by atoms with Gasteiger partial charge in [0.1, 0.15) is 0 Å². The first-order valence-corrected chi connectivity index (χ1v) is 12.5. The van der Waals surface area contributed by atoms with Crippen LogP contribution >= 0.6 is 11.8 Å². The van der Waals surface area contributed by atoms with Crippen LogP contribution in [-0.2, 0) is 19.1 Å². The molecule has 29 heavy (non-hydrogen) atoms. The fraction of sp³-hybridized carbons (Fsp3) is 0.913. The molecule has 172 valence electrons. The van der Waals surface area contributed by atoms with E-state index < -0.39 is 6.10 Å². The van der Waals surface area contributed by atoms with Gasteiger partial charge in [0.2, 0.25) is 0 Å². The van der Waals surface area contributed by atoms with E-state index in [9.17, 15) is 14.7 Å². The zero-order valence-corrected chi connectivity index (χ0v) is 19.8. The smallest absolute Gasteiger partial charge is 0.306 e. The van der Waals surface area contributed by atoms with Gasteiger partial charge in [-0.2, -0.15) is 11.8 Å². The van der Waals surface area contributed by atoms with E-state index in [0.29, 0.717) is 25.0 Å². The summed E-state index contributed by atoms with van der Waals surface area (Å²) in [5.41, 5.74) is 0. The Bertz CT molecular complexity index is 403. The summed E-state index contributed by atoms with van der Waals surface area (Å²) in [6.45, 7) is 2.24. The molecule has 0 fully saturated rings. The zero-order chi connectivity index (χ0) is 21.7. The van der Waals surface area contributed by atoms with Crippen LogP contribution in [0.15, 0.2) is 0 Å². The van der Waals surface area contributed by atoms with Crippen LogP contribution in [-0.4, -0.2) is 48.4 Å². The Morgan fingerprint density at radius 3 is 1.86 bits per heavy atom. The zero-order valence-electron chi connectivity index (χ0n) is 19.0. The summed E-state index contributed by atoms with van der Waals surface area (Å²) in [5, 5.41) is 10.8. The fourth-order valence-electron chi connectivity index (χ4n) is 3.35. The molecule has 0 saturated carbocycles. The minimum Gasteiger partial charge on any atom is -0.469 e. The Labute approximate surface area is 182 Å². The van der Waals surface area contributed by atoms with Gasteiger partial charge < -0.3 is 14.6 Å². The van der Waals surface area contributed by atoms with Gasteiger partial charge in [0.25, 0.3) is 0 Å². The van der Waals surface area contributed by atoms with Gasteiger partial charge in [-0.3, -0.25) is 9.59 Å². The molecule has 0 spiro atoms. The molecule has 0 bridgehead atoms. The van der Waals surface area contributed by atoms with Gasteiger partial charge in [-0.15, -0.1) is 0 Å². The largest absolute Gasteiger partial charge is 0.469 e. The summed E-state index contributed by atoms with van der Waals surface area (Å²) < 4.78 is 9.36. The monoisotopic (exact) mass is 432 g/mol. The van der Waals surface area contributed by atoms with Crippen molar-refractivity contribution in [3.05, 3.63) is 0 Å². The molecule has 2 unspecified atom stereocenters. The van der Waals surface area contributed by atoms with Crippen molar-refractivity contribution < 1.29 is 24.2 Å². The Morgan fingerprint density at radius 1 is 0.759 bits per heavy atom. The molecule has 0 aromatic heterocycles. The van der Waals surface area contributed by atoms with Crippen molar-refractivity contribution in [3.63, 3.8) is 0 Å². The van der Waals surface area contributed by atoms with E-state index in [1.807, 2.05) is 0 Å². The molecular weight excluding hydrogens is 388 g/mol. The number of unbranched alkanes of at least 4 members (excludes halogenated alkanes) is 9. The van der Waals surface area contributed by atoms with Crippen LogP contribution in [0.5, 0.6) is 0 Å². The fourth-order valence-corrected chi connectivity index (χ4v) is 4.63. The predicted octanol–water partition coefficient (Wildman–Crippen LogP) is 5.67. The average molecular weight is 433 g/mol. The number of carbonyl (C=O) groups excluding carboxylic acids is 2. The summed E-state index contributed by atoms with van der Waals surface area (Å²) in [6.07, 6.45) is 15.2. The van der Waals surface area contributed by atoms with Crippen molar-refractivity contribution in [3.8, 4) is 0 Å². The second kappa shape index (κ2) is 20.5. The van der Waals surface area contributed by atoms with Crippen LogP contribution in [0.1, 0.15) is 103 Å². The van der Waals surface area contributed by atoms with E-state index in [4.69, 9.17) is 4.74 Å². The Hall–Kier alpha value is -0.750. The first-order valence-electron chi connectivity index (χ1n) is 11.5. The molecule has 0 saturated heterocycles. The van der Waals surface area contributed by atoms with E-state index in [2.05, 4.69) is 11.7 Å². The molecule has 0 aliphatic carbocycles. The quantitative estimate of drug-likeness (QED) is 0.197. The lowest BCUT2D eigenvalue weighted by Crippen LogP contribution is -2.24. The van der Waals surface area contributed by atoms with E-state index in [1.165, 1.54) is 65.6 Å². The number of rotatable bonds is 20. The first kappa shape index (κ1) is 28.2. The van der Waals surface area contributed by atoms with Gasteiger partial charge in [0.05, 0.1) is 26.7 Å². The van der Waals surface area contributed by atoms with Crippen LogP contribution in [0.3, 0.4) is 0 Å². The summed E-state index contributed by atoms with van der Waals surface area (Å²) in [7, 11) is 2.80. The maximum Gasteiger partial charge on any atom is 0.306 e. The van der Waals surface area contributed by atoms with Crippen molar-refractivity contribution in [2.45, 2.75) is 115 Å². The van der Waals surface area contributed by atoms with Crippen LogP contribution in [0.2, 0.25) is 0 Å². The number of hydrogen-bond acceptors (Lipinski definition) is 6. The highest BCUT2D eigenvalue weighted by atomic mass is 32.2. The number of esters is 2. The molecule has 0 rings (SSSR count). The molecule has 0 aromatic carbocycles. The molecule has 0 heterocycles. The van der Waals surface area contributed by atoms with Gasteiger partial charge in [0, 0.05) is 17.4 Å². The van der Waals surface area contributed by atoms with Crippen LogP contribution in [0.4, 0.5) is 0 Å². The Kier molecular flexibility index (Phi) is 20.0. The van der Waals surface area contributed by atoms with Gasteiger partial charge in [-0.25, -0.2) is 0 Å². The van der Waals surface area contributed by atoms with Crippen LogP contribution in [0.25, 0.3) is 0 Å². The number of ether oxygens (including phenoxy) is 2. The normalized spacial score (nSPS) is 13.1. The van der Waals surface area contributed by atoms with E-state index >= 15 is 0 Å². The lowest BCUT2D eigenvalue weighted by atomic mass is 10.0. The summed E-state index contributed by atoms with van der Waals surface area (Å²) in [5.74, 6) is 0.277. The van der Waals surface area contributed by atoms with E-state index in [-0.39, 0.29) is 17.2 Å². The number of methoxy groups -OCH3 is 2. The molecule has 0 aliphatic heterocycles. The van der Waals surface area contributed by atoms with Gasteiger partial charge >= 0.3 is 11.9 Å². The molecule has 0 radical (unpaired) electrons. The second-order valence-corrected chi connectivity index (χ2v) is 9.09. The molecule has 2 atom stereocenters. The standard InChI is InChI=1S/C23H44O5S/c1-4-5-6-7-8-9-10-11-12-16-21(29-19-18-23(26)28-3)20(24)15-13-14-17-22(25)27-2/h20-21,24H,4-19H2,1-3H3. The lowest BCUT2D eigenvalue weighted by Gasteiger charge is -2.22. The molecule has 1 N–H and O–H groups in total. The predicted molar refractivity (Wildman–Crippen MR) is 121 cm³/mol. The summed E-state index contributed by atoms with van der Waals surface area (Å²) >= 11 is 1.68. The SMILES string of the molecule is CCCCCCCCCCCC(SCCC(=O)OC)C(O)CCCCC(=O)OC. The highest BCUT2D eigenvalue weighted by Gasteiger charge is 2.20. The highest BCUT2D eigenvalue weighted by molar-refractivity contribution is 7.99. The van der Waals surface area contributed by atoms with E-state index in [1.54, 1.807) is 11.8 Å².